The minimum absolute atomic E-state index is 0.114. The van der Waals surface area contributed by atoms with Gasteiger partial charge < -0.3 is 0 Å². The van der Waals surface area contributed by atoms with Crippen molar-refractivity contribution >= 4 is 45.5 Å². The second-order valence-electron chi connectivity index (χ2n) is 3.22. The summed E-state index contributed by atoms with van der Waals surface area (Å²) in [6, 6.07) is 4.19. The maximum Gasteiger partial charge on any atom is 0.236 e. The molecule has 0 saturated carbocycles. The van der Waals surface area contributed by atoms with Gasteiger partial charge >= 0.3 is 0 Å². The van der Waals surface area contributed by atoms with Crippen LogP contribution in [0.15, 0.2) is 27.6 Å². The molecule has 90 valence electrons. The second-order valence-corrected chi connectivity index (χ2v) is 8.84. The van der Waals surface area contributed by atoms with E-state index >= 15 is 0 Å². The third kappa shape index (κ3) is 4.04. The summed E-state index contributed by atoms with van der Waals surface area (Å²) in [5.41, 5.74) is 0.425. The van der Waals surface area contributed by atoms with Crippen molar-refractivity contribution in [3.8, 4) is 0 Å². The van der Waals surface area contributed by atoms with E-state index in [0.717, 1.165) is 6.26 Å². The van der Waals surface area contributed by atoms with Crippen LogP contribution >= 0.6 is 26.6 Å². The van der Waals surface area contributed by atoms with Crippen molar-refractivity contribution in [1.29, 1.82) is 0 Å². The van der Waals surface area contributed by atoms with Gasteiger partial charge in [0.1, 0.15) is 0 Å². The lowest BCUT2D eigenvalue weighted by atomic mass is 10.2. The van der Waals surface area contributed by atoms with Gasteiger partial charge in [-0.05, 0) is 33.6 Å². The molecule has 0 unspecified atom stereocenters. The molecule has 1 rings (SSSR count). The normalized spacial score (nSPS) is 12.7. The Bertz CT molecular complexity index is 607. The number of halogens is 2. The standard InChI is InChI=1S/C8H8BrClO4S2/c1-15(11,12)8-3-2-6(4-7(8)9)5-16(10,13)14/h2-4H,5H2,1H3. The second kappa shape index (κ2) is 4.64. The Hall–Kier alpha value is -0.110. The Morgan fingerprint density at radius 2 is 1.81 bits per heavy atom. The number of hydrogen-bond donors (Lipinski definition) is 0. The van der Waals surface area contributed by atoms with Gasteiger partial charge in [0.15, 0.2) is 9.84 Å². The van der Waals surface area contributed by atoms with Gasteiger partial charge in [-0.15, -0.1) is 0 Å². The molecule has 0 aliphatic rings. The number of sulfone groups is 1. The highest BCUT2D eigenvalue weighted by atomic mass is 79.9. The summed E-state index contributed by atoms with van der Waals surface area (Å²) < 4.78 is 44.5. The maximum atomic E-state index is 11.3. The van der Waals surface area contributed by atoms with Crippen LogP contribution in [0.1, 0.15) is 5.56 Å². The lowest BCUT2D eigenvalue weighted by Gasteiger charge is -2.04. The van der Waals surface area contributed by atoms with Crippen molar-refractivity contribution in [3.05, 3.63) is 28.2 Å². The molecule has 0 heterocycles. The summed E-state index contributed by atoms with van der Waals surface area (Å²) in [7, 11) is -1.88. The van der Waals surface area contributed by atoms with Gasteiger partial charge in [-0.3, -0.25) is 0 Å². The minimum Gasteiger partial charge on any atom is -0.224 e. The zero-order valence-corrected chi connectivity index (χ0v) is 12.1. The van der Waals surface area contributed by atoms with E-state index < -0.39 is 18.9 Å². The van der Waals surface area contributed by atoms with Crippen LogP contribution in [0.25, 0.3) is 0 Å². The third-order valence-electron chi connectivity index (χ3n) is 1.73. The number of benzene rings is 1. The monoisotopic (exact) mass is 346 g/mol. The van der Waals surface area contributed by atoms with E-state index in [9.17, 15) is 16.8 Å². The van der Waals surface area contributed by atoms with Crippen molar-refractivity contribution in [2.24, 2.45) is 0 Å². The summed E-state index contributed by atoms with van der Waals surface area (Å²) in [6.45, 7) is 0. The van der Waals surface area contributed by atoms with Crippen LogP contribution in [-0.4, -0.2) is 23.1 Å². The Morgan fingerprint density at radius 3 is 2.19 bits per heavy atom. The minimum atomic E-state index is -3.64. The average molecular weight is 348 g/mol. The predicted molar refractivity (Wildman–Crippen MR) is 65.7 cm³/mol. The first-order valence-electron chi connectivity index (χ1n) is 4.00. The first-order valence-corrected chi connectivity index (χ1v) is 9.17. The first kappa shape index (κ1) is 14.0. The molecule has 0 N–H and O–H groups in total. The number of rotatable bonds is 3. The lowest BCUT2D eigenvalue weighted by molar-refractivity contribution is 0.601. The van der Waals surface area contributed by atoms with E-state index in [-0.39, 0.29) is 10.6 Å². The summed E-state index contributed by atoms with van der Waals surface area (Å²) in [5, 5.41) is 0. The predicted octanol–water partition coefficient (Wildman–Crippen LogP) is 1.92. The van der Waals surface area contributed by atoms with E-state index in [2.05, 4.69) is 15.9 Å². The van der Waals surface area contributed by atoms with E-state index in [4.69, 9.17) is 10.7 Å². The fourth-order valence-electron chi connectivity index (χ4n) is 1.13. The van der Waals surface area contributed by atoms with Crippen molar-refractivity contribution in [1.82, 2.24) is 0 Å². The zero-order valence-electron chi connectivity index (χ0n) is 8.14. The van der Waals surface area contributed by atoms with Crippen LogP contribution in [0.4, 0.5) is 0 Å². The molecule has 0 amide bonds. The van der Waals surface area contributed by atoms with E-state index in [1.807, 2.05) is 0 Å². The Morgan fingerprint density at radius 1 is 1.25 bits per heavy atom. The van der Waals surface area contributed by atoms with Gasteiger partial charge in [0.05, 0.1) is 10.6 Å². The lowest BCUT2D eigenvalue weighted by Crippen LogP contribution is -2.00. The topological polar surface area (TPSA) is 68.3 Å². The summed E-state index contributed by atoms with van der Waals surface area (Å²) >= 11 is 3.07. The molecule has 0 spiro atoms. The average Bonchev–Trinajstić information content (AvgIpc) is 1.97. The smallest absolute Gasteiger partial charge is 0.224 e. The summed E-state index contributed by atoms with van der Waals surface area (Å²) in [6.07, 6.45) is 1.07. The fourth-order valence-corrected chi connectivity index (χ4v) is 4.13. The van der Waals surface area contributed by atoms with Crippen LogP contribution in [0.2, 0.25) is 0 Å². The van der Waals surface area contributed by atoms with Crippen LogP contribution in [0.5, 0.6) is 0 Å². The van der Waals surface area contributed by atoms with Crippen molar-refractivity contribution in [2.75, 3.05) is 6.26 Å². The summed E-state index contributed by atoms with van der Waals surface area (Å²) in [5.74, 6) is -0.336. The molecule has 0 aliphatic carbocycles. The molecule has 16 heavy (non-hydrogen) atoms. The largest absolute Gasteiger partial charge is 0.236 e. The first-order chi connectivity index (χ1) is 7.09. The van der Waals surface area contributed by atoms with Gasteiger partial charge in [0.2, 0.25) is 9.05 Å². The van der Waals surface area contributed by atoms with Gasteiger partial charge in [-0.2, -0.15) is 0 Å². The zero-order chi connectivity index (χ0) is 12.6. The Kier molecular flexibility index (Phi) is 4.04. The van der Waals surface area contributed by atoms with Crippen molar-refractivity contribution in [3.63, 3.8) is 0 Å². The van der Waals surface area contributed by atoms with Gasteiger partial charge in [0, 0.05) is 21.4 Å². The van der Waals surface area contributed by atoms with Crippen LogP contribution < -0.4 is 0 Å². The quantitative estimate of drug-likeness (QED) is 0.783. The molecule has 8 heteroatoms. The highest BCUT2D eigenvalue weighted by molar-refractivity contribution is 9.10. The van der Waals surface area contributed by atoms with Gasteiger partial charge in [-0.1, -0.05) is 6.07 Å². The van der Waals surface area contributed by atoms with Crippen molar-refractivity contribution in [2.45, 2.75) is 10.6 Å². The number of hydrogen-bond acceptors (Lipinski definition) is 4. The van der Waals surface area contributed by atoms with Crippen molar-refractivity contribution < 1.29 is 16.8 Å². The Labute approximate surface area is 107 Å². The third-order valence-corrected chi connectivity index (χ3v) is 4.81. The molecular weight excluding hydrogens is 340 g/mol. The molecule has 0 radical (unpaired) electrons. The maximum absolute atomic E-state index is 11.3. The highest BCUT2D eigenvalue weighted by Gasteiger charge is 2.14. The molecule has 1 aromatic rings. The fraction of sp³-hybridized carbons (Fsp3) is 0.250. The Balaban J connectivity index is 3.20. The highest BCUT2D eigenvalue weighted by Crippen LogP contribution is 2.24. The molecule has 0 aliphatic heterocycles. The van der Waals surface area contributed by atoms with E-state index in [1.165, 1.54) is 18.2 Å². The summed E-state index contributed by atoms with van der Waals surface area (Å²) in [4.78, 5) is 0.114. The van der Waals surface area contributed by atoms with E-state index in [0.29, 0.717) is 10.0 Å². The molecule has 0 saturated heterocycles. The van der Waals surface area contributed by atoms with Crippen LogP contribution in [0, 0.1) is 0 Å². The molecule has 0 aromatic heterocycles. The molecular formula is C8H8BrClO4S2. The van der Waals surface area contributed by atoms with Gasteiger partial charge in [0.25, 0.3) is 0 Å². The van der Waals surface area contributed by atoms with E-state index in [1.54, 1.807) is 0 Å². The van der Waals surface area contributed by atoms with Crippen LogP contribution in [-0.2, 0) is 24.6 Å². The molecule has 0 atom stereocenters. The molecule has 1 aromatic carbocycles. The molecule has 0 bridgehead atoms. The molecule has 0 fully saturated rings. The molecule has 4 nitrogen and oxygen atoms in total. The SMILES string of the molecule is CS(=O)(=O)c1ccc(CS(=O)(=O)Cl)cc1Br. The van der Waals surface area contributed by atoms with Gasteiger partial charge in [-0.25, -0.2) is 16.8 Å². The van der Waals surface area contributed by atoms with Crippen LogP contribution in [0.3, 0.4) is 0 Å².